The molecule has 0 radical (unpaired) electrons. The Morgan fingerprint density at radius 1 is 1.19 bits per heavy atom. The molecule has 0 amide bonds. The summed E-state index contributed by atoms with van der Waals surface area (Å²) in [6.07, 6.45) is 13.1. The molecule has 1 saturated carbocycles. The molecule has 4 rings (SSSR count). The fourth-order valence-corrected chi connectivity index (χ4v) is 4.47. The second-order valence-electron chi connectivity index (χ2n) is 7.50. The Bertz CT molecular complexity index is 764. The van der Waals surface area contributed by atoms with Crippen LogP contribution >= 0.6 is 0 Å². The Hall–Kier alpha value is -1.90. The van der Waals surface area contributed by atoms with Crippen molar-refractivity contribution in [3.8, 4) is 12.3 Å². The molecule has 0 aromatic heterocycles. The summed E-state index contributed by atoms with van der Waals surface area (Å²) < 4.78 is 23.4. The van der Waals surface area contributed by atoms with Crippen molar-refractivity contribution in [2.45, 2.75) is 18.6 Å². The standard InChI is InChI=1S/C23H26O4/c1-4-6-24-10-15(3)19-8-17-7-18-9-20(21-14-25-11-16(21)5-2)13-27-23(18)22(17)26-12-19/h1,5,8-9,17-18,22-23H,2-3,6-7,10-14H2/t17-,18+,22+,23-/m0/s1. The summed E-state index contributed by atoms with van der Waals surface area (Å²) >= 11 is 0. The summed E-state index contributed by atoms with van der Waals surface area (Å²) in [5.74, 6) is 3.18. The van der Waals surface area contributed by atoms with Crippen LogP contribution in [0.1, 0.15) is 6.42 Å². The zero-order chi connectivity index (χ0) is 18.8. The van der Waals surface area contributed by atoms with Gasteiger partial charge in [-0.15, -0.1) is 6.42 Å². The van der Waals surface area contributed by atoms with Gasteiger partial charge in [0, 0.05) is 11.8 Å². The van der Waals surface area contributed by atoms with Crippen LogP contribution in [0, 0.1) is 24.2 Å². The molecule has 0 saturated heterocycles. The minimum Gasteiger partial charge on any atom is -0.372 e. The maximum atomic E-state index is 6.25. The van der Waals surface area contributed by atoms with E-state index in [2.05, 4.69) is 31.2 Å². The molecule has 1 aliphatic carbocycles. The number of fused-ring (bicyclic) bond motifs is 3. The summed E-state index contributed by atoms with van der Waals surface area (Å²) in [7, 11) is 0. The number of rotatable bonds is 6. The lowest BCUT2D eigenvalue weighted by Crippen LogP contribution is -2.38. The van der Waals surface area contributed by atoms with E-state index >= 15 is 0 Å². The molecule has 27 heavy (non-hydrogen) atoms. The molecule has 4 atom stereocenters. The molecule has 142 valence electrons. The molecule has 0 N–H and O–H groups in total. The van der Waals surface area contributed by atoms with Crippen LogP contribution < -0.4 is 0 Å². The lowest BCUT2D eigenvalue weighted by Gasteiger charge is -2.32. The van der Waals surface area contributed by atoms with Crippen LogP contribution in [0.5, 0.6) is 0 Å². The summed E-state index contributed by atoms with van der Waals surface area (Å²) in [4.78, 5) is 0. The first-order chi connectivity index (χ1) is 13.2. The topological polar surface area (TPSA) is 36.9 Å². The lowest BCUT2D eigenvalue weighted by atomic mass is 9.93. The van der Waals surface area contributed by atoms with Gasteiger partial charge < -0.3 is 18.9 Å². The van der Waals surface area contributed by atoms with Crippen LogP contribution in [0.3, 0.4) is 0 Å². The zero-order valence-electron chi connectivity index (χ0n) is 15.6. The monoisotopic (exact) mass is 366 g/mol. The van der Waals surface area contributed by atoms with Gasteiger partial charge in [-0.25, -0.2) is 0 Å². The molecule has 0 unspecified atom stereocenters. The van der Waals surface area contributed by atoms with Crippen molar-refractivity contribution in [1.29, 1.82) is 0 Å². The first kappa shape index (κ1) is 18.5. The van der Waals surface area contributed by atoms with Gasteiger partial charge in [-0.05, 0) is 34.3 Å². The Morgan fingerprint density at radius 2 is 1.96 bits per heavy atom. The number of ether oxygens (including phenoxy) is 4. The van der Waals surface area contributed by atoms with Gasteiger partial charge in [-0.2, -0.15) is 0 Å². The van der Waals surface area contributed by atoms with E-state index in [4.69, 9.17) is 25.4 Å². The van der Waals surface area contributed by atoms with Crippen molar-refractivity contribution >= 4 is 0 Å². The highest BCUT2D eigenvalue weighted by molar-refractivity contribution is 5.44. The van der Waals surface area contributed by atoms with Crippen molar-refractivity contribution in [3.63, 3.8) is 0 Å². The summed E-state index contributed by atoms with van der Waals surface area (Å²) in [6.45, 7) is 11.2. The van der Waals surface area contributed by atoms with E-state index in [-0.39, 0.29) is 12.2 Å². The second-order valence-corrected chi connectivity index (χ2v) is 7.50. The van der Waals surface area contributed by atoms with Crippen LogP contribution in [0.25, 0.3) is 0 Å². The zero-order valence-corrected chi connectivity index (χ0v) is 15.6. The van der Waals surface area contributed by atoms with Gasteiger partial charge in [-0.3, -0.25) is 0 Å². The molecule has 3 aliphatic heterocycles. The first-order valence-corrected chi connectivity index (χ1v) is 9.47. The van der Waals surface area contributed by atoms with Crippen LogP contribution in [-0.4, -0.2) is 51.8 Å². The fraction of sp³-hybridized carbons (Fsp3) is 0.478. The van der Waals surface area contributed by atoms with Gasteiger partial charge in [0.25, 0.3) is 0 Å². The van der Waals surface area contributed by atoms with Crippen LogP contribution in [0.15, 0.2) is 59.3 Å². The van der Waals surface area contributed by atoms with E-state index in [0.717, 1.165) is 17.6 Å². The quantitative estimate of drug-likeness (QED) is 0.535. The number of hydrogen-bond acceptors (Lipinski definition) is 4. The Morgan fingerprint density at radius 3 is 2.74 bits per heavy atom. The van der Waals surface area contributed by atoms with Crippen molar-refractivity contribution < 1.29 is 18.9 Å². The molecular formula is C23H26O4. The van der Waals surface area contributed by atoms with E-state index in [0.29, 0.717) is 51.5 Å². The number of hydrogen-bond donors (Lipinski definition) is 0. The molecule has 4 aliphatic rings. The highest BCUT2D eigenvalue weighted by Gasteiger charge is 2.46. The van der Waals surface area contributed by atoms with Crippen LogP contribution in [0.4, 0.5) is 0 Å². The molecule has 4 nitrogen and oxygen atoms in total. The van der Waals surface area contributed by atoms with Gasteiger partial charge in [0.2, 0.25) is 0 Å². The maximum Gasteiger partial charge on any atom is 0.107 e. The van der Waals surface area contributed by atoms with Crippen molar-refractivity contribution in [1.82, 2.24) is 0 Å². The minimum absolute atomic E-state index is 0.114. The van der Waals surface area contributed by atoms with Crippen LogP contribution in [0.2, 0.25) is 0 Å². The van der Waals surface area contributed by atoms with E-state index in [1.54, 1.807) is 0 Å². The average Bonchev–Trinajstić information content (AvgIpc) is 3.30. The summed E-state index contributed by atoms with van der Waals surface area (Å²) in [6, 6.07) is 0. The van der Waals surface area contributed by atoms with Gasteiger partial charge in [-0.1, -0.05) is 37.3 Å². The normalized spacial score (nSPS) is 32.3. The fourth-order valence-electron chi connectivity index (χ4n) is 4.47. The molecule has 1 fully saturated rings. The minimum atomic E-state index is 0.114. The predicted octanol–water partition coefficient (Wildman–Crippen LogP) is 2.99. The third kappa shape index (κ3) is 3.61. The highest BCUT2D eigenvalue weighted by Crippen LogP contribution is 2.44. The summed E-state index contributed by atoms with van der Waals surface area (Å²) in [5.41, 5.74) is 5.74. The van der Waals surface area contributed by atoms with E-state index in [9.17, 15) is 0 Å². The Balaban J connectivity index is 1.47. The highest BCUT2D eigenvalue weighted by atomic mass is 16.5. The third-order valence-electron chi connectivity index (χ3n) is 5.85. The molecule has 0 aromatic carbocycles. The molecular weight excluding hydrogens is 340 g/mol. The first-order valence-electron chi connectivity index (χ1n) is 9.47. The predicted molar refractivity (Wildman–Crippen MR) is 104 cm³/mol. The van der Waals surface area contributed by atoms with Gasteiger partial charge in [0.1, 0.15) is 6.61 Å². The molecule has 0 bridgehead atoms. The van der Waals surface area contributed by atoms with Crippen molar-refractivity contribution in [3.05, 3.63) is 59.3 Å². The van der Waals surface area contributed by atoms with Crippen LogP contribution in [-0.2, 0) is 18.9 Å². The van der Waals surface area contributed by atoms with E-state index < -0.39 is 0 Å². The molecule has 3 heterocycles. The van der Waals surface area contributed by atoms with Crippen molar-refractivity contribution in [2.24, 2.45) is 11.8 Å². The smallest absolute Gasteiger partial charge is 0.107 e. The average molecular weight is 366 g/mol. The summed E-state index contributed by atoms with van der Waals surface area (Å²) in [5, 5.41) is 0. The molecule has 0 aromatic rings. The lowest BCUT2D eigenvalue weighted by molar-refractivity contribution is -0.0713. The molecule has 0 spiro atoms. The van der Waals surface area contributed by atoms with Gasteiger partial charge in [0.15, 0.2) is 0 Å². The SMILES string of the molecule is C#CCOCC(=C)C1=C[C@@H]2C[C@@H]3C=C(C4=C(C=C)COC4)CO[C@@H]3[C@@H]2OC1. The Labute approximate surface area is 161 Å². The largest absolute Gasteiger partial charge is 0.372 e. The van der Waals surface area contributed by atoms with Crippen molar-refractivity contribution in [2.75, 3.05) is 39.6 Å². The Kier molecular flexibility index (Phi) is 5.47. The van der Waals surface area contributed by atoms with E-state index in [1.165, 1.54) is 16.7 Å². The third-order valence-corrected chi connectivity index (χ3v) is 5.85. The second kappa shape index (κ2) is 8.00. The van der Waals surface area contributed by atoms with E-state index in [1.807, 2.05) is 6.08 Å². The van der Waals surface area contributed by atoms with Gasteiger partial charge in [0.05, 0.1) is 45.2 Å². The molecule has 4 heteroatoms. The number of terminal acetylenes is 1. The van der Waals surface area contributed by atoms with Gasteiger partial charge >= 0.3 is 0 Å². The maximum absolute atomic E-state index is 6.25.